The Morgan fingerprint density at radius 3 is 1.97 bits per heavy atom. The molecule has 0 spiro atoms. The van der Waals surface area contributed by atoms with Gasteiger partial charge in [-0.25, -0.2) is 14.8 Å². The number of benzene rings is 3. The Bertz CT molecular complexity index is 1130. The molecule has 0 saturated heterocycles. The number of hydrogen-bond donors (Lipinski definition) is 3. The molecule has 3 aromatic carbocycles. The number of nitrogens with zero attached hydrogens (tertiary/aromatic N) is 2. The summed E-state index contributed by atoms with van der Waals surface area (Å²) in [6.07, 6.45) is 0. The maximum absolute atomic E-state index is 11.9. The molecule has 0 fully saturated rings. The van der Waals surface area contributed by atoms with E-state index in [0.717, 1.165) is 28.0 Å². The van der Waals surface area contributed by atoms with Crippen molar-refractivity contribution in [1.82, 2.24) is 15.3 Å². The second-order valence-corrected chi connectivity index (χ2v) is 6.46. The lowest BCUT2D eigenvalue weighted by Crippen LogP contribution is -2.30. The molecule has 0 aliphatic carbocycles. The zero-order valence-corrected chi connectivity index (χ0v) is 15.7. The fourth-order valence-electron chi connectivity index (χ4n) is 3.07. The molecule has 3 N–H and O–H groups in total. The first kappa shape index (κ1) is 18.6. The third kappa shape index (κ3) is 4.23. The summed E-state index contributed by atoms with van der Waals surface area (Å²) < 4.78 is 0. The molecule has 6 heteroatoms. The summed E-state index contributed by atoms with van der Waals surface area (Å²) in [6, 6.07) is 24.9. The van der Waals surface area contributed by atoms with Crippen LogP contribution in [0.2, 0.25) is 0 Å². The molecule has 0 bridgehead atoms. The SMILES string of the molecule is O=C(NCCO)Nc1ccc2nc(-c3ccccc3)c(-c3ccccc3)nc2c1. The quantitative estimate of drug-likeness (QED) is 0.484. The highest BCUT2D eigenvalue weighted by molar-refractivity contribution is 5.93. The maximum atomic E-state index is 11.9. The van der Waals surface area contributed by atoms with Crippen molar-refractivity contribution in [3.63, 3.8) is 0 Å². The zero-order valence-electron chi connectivity index (χ0n) is 15.7. The number of nitrogens with one attached hydrogen (secondary N) is 2. The van der Waals surface area contributed by atoms with Gasteiger partial charge in [0.1, 0.15) is 0 Å². The number of carbonyl (C=O) groups excluding carboxylic acids is 1. The van der Waals surface area contributed by atoms with Crippen LogP contribution in [0.1, 0.15) is 0 Å². The minimum atomic E-state index is -0.379. The van der Waals surface area contributed by atoms with Crippen molar-refractivity contribution >= 4 is 22.8 Å². The van der Waals surface area contributed by atoms with Gasteiger partial charge >= 0.3 is 6.03 Å². The van der Waals surface area contributed by atoms with E-state index >= 15 is 0 Å². The summed E-state index contributed by atoms with van der Waals surface area (Å²) in [5.74, 6) is 0. The van der Waals surface area contributed by atoms with Crippen LogP contribution < -0.4 is 10.6 Å². The molecule has 0 unspecified atom stereocenters. The highest BCUT2D eigenvalue weighted by atomic mass is 16.3. The molecule has 29 heavy (non-hydrogen) atoms. The molecular formula is C23H20N4O2. The number of urea groups is 1. The van der Waals surface area contributed by atoms with Crippen LogP contribution in [0.3, 0.4) is 0 Å². The second kappa shape index (κ2) is 8.50. The number of aromatic nitrogens is 2. The van der Waals surface area contributed by atoms with Crippen molar-refractivity contribution in [1.29, 1.82) is 0 Å². The first-order chi connectivity index (χ1) is 14.2. The monoisotopic (exact) mass is 384 g/mol. The molecule has 6 nitrogen and oxygen atoms in total. The highest BCUT2D eigenvalue weighted by Crippen LogP contribution is 2.31. The van der Waals surface area contributed by atoms with Crippen LogP contribution in [0.25, 0.3) is 33.5 Å². The third-order valence-electron chi connectivity index (χ3n) is 4.41. The van der Waals surface area contributed by atoms with E-state index in [-0.39, 0.29) is 19.2 Å². The van der Waals surface area contributed by atoms with Gasteiger partial charge in [0.05, 0.1) is 29.0 Å². The van der Waals surface area contributed by atoms with E-state index in [9.17, 15) is 4.79 Å². The number of hydrogen-bond acceptors (Lipinski definition) is 4. The summed E-state index contributed by atoms with van der Waals surface area (Å²) in [7, 11) is 0. The minimum Gasteiger partial charge on any atom is -0.395 e. The predicted molar refractivity (Wildman–Crippen MR) is 115 cm³/mol. The van der Waals surface area contributed by atoms with Crippen molar-refractivity contribution in [2.75, 3.05) is 18.5 Å². The molecule has 0 radical (unpaired) electrons. The first-order valence-corrected chi connectivity index (χ1v) is 9.33. The van der Waals surface area contributed by atoms with Crippen molar-refractivity contribution in [2.45, 2.75) is 0 Å². The fourth-order valence-corrected chi connectivity index (χ4v) is 3.07. The van der Waals surface area contributed by atoms with Crippen LogP contribution in [0.15, 0.2) is 78.9 Å². The number of carbonyl (C=O) groups is 1. The molecule has 2 amide bonds. The Kier molecular flexibility index (Phi) is 5.45. The average Bonchev–Trinajstić information content (AvgIpc) is 2.78. The summed E-state index contributed by atoms with van der Waals surface area (Å²) in [5.41, 5.74) is 5.59. The number of aliphatic hydroxyl groups excluding tert-OH is 1. The molecule has 4 aromatic rings. The lowest BCUT2D eigenvalue weighted by Gasteiger charge is -2.12. The Morgan fingerprint density at radius 1 is 0.793 bits per heavy atom. The number of fused-ring (bicyclic) bond motifs is 1. The van der Waals surface area contributed by atoms with E-state index in [2.05, 4.69) is 10.6 Å². The summed E-state index contributed by atoms with van der Waals surface area (Å²) in [4.78, 5) is 21.6. The van der Waals surface area contributed by atoms with Crippen molar-refractivity contribution in [3.8, 4) is 22.5 Å². The zero-order chi connectivity index (χ0) is 20.1. The lowest BCUT2D eigenvalue weighted by molar-refractivity contribution is 0.245. The van der Waals surface area contributed by atoms with Gasteiger partial charge in [-0.3, -0.25) is 0 Å². The smallest absolute Gasteiger partial charge is 0.319 e. The lowest BCUT2D eigenvalue weighted by atomic mass is 10.0. The molecule has 4 rings (SSSR count). The van der Waals surface area contributed by atoms with Gasteiger partial charge < -0.3 is 15.7 Å². The van der Waals surface area contributed by atoms with E-state index < -0.39 is 0 Å². The minimum absolute atomic E-state index is 0.112. The largest absolute Gasteiger partial charge is 0.395 e. The number of amides is 2. The van der Waals surface area contributed by atoms with Crippen molar-refractivity contribution < 1.29 is 9.90 Å². The van der Waals surface area contributed by atoms with Crippen molar-refractivity contribution in [2.24, 2.45) is 0 Å². The molecule has 0 saturated carbocycles. The molecule has 0 atom stereocenters. The van der Waals surface area contributed by atoms with Crippen LogP contribution in [-0.4, -0.2) is 34.3 Å². The maximum Gasteiger partial charge on any atom is 0.319 e. The number of rotatable bonds is 5. The van der Waals surface area contributed by atoms with Gasteiger partial charge in [0.15, 0.2) is 0 Å². The van der Waals surface area contributed by atoms with Gasteiger partial charge in [-0.05, 0) is 18.2 Å². The van der Waals surface area contributed by atoms with Gasteiger partial charge in [-0.2, -0.15) is 0 Å². The van der Waals surface area contributed by atoms with E-state index in [0.29, 0.717) is 11.2 Å². The second-order valence-electron chi connectivity index (χ2n) is 6.46. The van der Waals surface area contributed by atoms with Gasteiger partial charge in [-0.15, -0.1) is 0 Å². The summed E-state index contributed by atoms with van der Waals surface area (Å²) in [6.45, 7) is 0.0805. The van der Waals surface area contributed by atoms with Gasteiger partial charge in [-0.1, -0.05) is 60.7 Å². The van der Waals surface area contributed by atoms with E-state index in [1.54, 1.807) is 12.1 Å². The molecular weight excluding hydrogens is 364 g/mol. The fraction of sp³-hybridized carbons (Fsp3) is 0.0870. The molecule has 144 valence electrons. The summed E-state index contributed by atoms with van der Waals surface area (Å²) in [5, 5.41) is 14.1. The first-order valence-electron chi connectivity index (χ1n) is 9.33. The van der Waals surface area contributed by atoms with Crippen LogP contribution in [0, 0.1) is 0 Å². The Balaban J connectivity index is 1.79. The Morgan fingerprint density at radius 2 is 1.38 bits per heavy atom. The van der Waals surface area contributed by atoms with Crippen LogP contribution in [-0.2, 0) is 0 Å². The number of anilines is 1. The molecule has 1 aromatic heterocycles. The molecule has 1 heterocycles. The number of aliphatic hydroxyl groups is 1. The van der Waals surface area contributed by atoms with E-state index in [1.807, 2.05) is 66.7 Å². The highest BCUT2D eigenvalue weighted by Gasteiger charge is 2.13. The van der Waals surface area contributed by atoms with Crippen LogP contribution in [0.4, 0.5) is 10.5 Å². The standard InChI is InChI=1S/C23H20N4O2/c28-14-13-24-23(29)25-18-11-12-19-20(15-18)27-22(17-9-5-2-6-10-17)21(26-19)16-7-3-1-4-8-16/h1-12,15,28H,13-14H2,(H2,24,25,29). The summed E-state index contributed by atoms with van der Waals surface area (Å²) >= 11 is 0. The van der Waals surface area contributed by atoms with E-state index in [1.165, 1.54) is 0 Å². The van der Waals surface area contributed by atoms with Crippen LogP contribution >= 0.6 is 0 Å². The molecule has 0 aliphatic heterocycles. The van der Waals surface area contributed by atoms with E-state index in [4.69, 9.17) is 15.1 Å². The molecule has 0 aliphatic rings. The van der Waals surface area contributed by atoms with Gasteiger partial charge in [0.2, 0.25) is 0 Å². The third-order valence-corrected chi connectivity index (χ3v) is 4.41. The van der Waals surface area contributed by atoms with Crippen molar-refractivity contribution in [3.05, 3.63) is 78.9 Å². The van der Waals surface area contributed by atoms with Gasteiger partial charge in [0, 0.05) is 23.4 Å². The Labute approximate surface area is 168 Å². The topological polar surface area (TPSA) is 87.1 Å². The Hall–Kier alpha value is -3.77. The normalized spacial score (nSPS) is 10.7. The predicted octanol–water partition coefficient (Wildman–Crippen LogP) is 4.08. The van der Waals surface area contributed by atoms with Crippen LogP contribution in [0.5, 0.6) is 0 Å². The van der Waals surface area contributed by atoms with Gasteiger partial charge in [0.25, 0.3) is 0 Å². The average molecular weight is 384 g/mol.